The van der Waals surface area contributed by atoms with E-state index in [2.05, 4.69) is 10.3 Å². The molecule has 0 bridgehead atoms. The van der Waals surface area contributed by atoms with E-state index in [0.29, 0.717) is 18.5 Å². The van der Waals surface area contributed by atoms with Gasteiger partial charge in [-0.05, 0) is 5.56 Å². The Morgan fingerprint density at radius 2 is 2.10 bits per heavy atom. The summed E-state index contributed by atoms with van der Waals surface area (Å²) >= 11 is 0. The van der Waals surface area contributed by atoms with Crippen molar-refractivity contribution in [3.8, 4) is 0 Å². The van der Waals surface area contributed by atoms with Gasteiger partial charge in [0, 0.05) is 6.42 Å². The van der Waals surface area contributed by atoms with Crippen molar-refractivity contribution < 1.29 is 14.3 Å². The van der Waals surface area contributed by atoms with Crippen LogP contribution in [0.25, 0.3) is 0 Å². The van der Waals surface area contributed by atoms with Gasteiger partial charge in [-0.2, -0.15) is 0 Å². The fourth-order valence-corrected chi connectivity index (χ4v) is 1.66. The normalized spacial score (nSPS) is 10.2. The monoisotopic (exact) mass is 273 g/mol. The minimum absolute atomic E-state index is 0.0759. The van der Waals surface area contributed by atoms with Crippen LogP contribution in [0.5, 0.6) is 0 Å². The number of carbonyl (C=O) groups is 2. The quantitative estimate of drug-likeness (QED) is 0.562. The molecule has 2 aromatic rings. The summed E-state index contributed by atoms with van der Waals surface area (Å²) in [7, 11) is 0. The number of rotatable bonds is 7. The van der Waals surface area contributed by atoms with E-state index in [9.17, 15) is 9.59 Å². The Labute approximate surface area is 116 Å². The third kappa shape index (κ3) is 4.31. The highest BCUT2D eigenvalue weighted by atomic mass is 16.5. The number of esters is 1. The first kappa shape index (κ1) is 13.9. The minimum atomic E-state index is -0.408. The van der Waals surface area contributed by atoms with Crippen LogP contribution in [-0.4, -0.2) is 27.2 Å². The Hall–Kier alpha value is -2.50. The number of ether oxygens (including phenoxy) is 1. The van der Waals surface area contributed by atoms with E-state index in [1.54, 1.807) is 10.9 Å². The van der Waals surface area contributed by atoms with Crippen molar-refractivity contribution in [2.24, 2.45) is 0 Å². The van der Waals surface area contributed by atoms with Crippen molar-refractivity contribution in [1.82, 2.24) is 15.0 Å². The molecule has 0 N–H and O–H groups in total. The molecule has 0 aliphatic carbocycles. The van der Waals surface area contributed by atoms with Crippen LogP contribution in [0.15, 0.2) is 36.5 Å². The lowest BCUT2D eigenvalue weighted by atomic mass is 10.2. The smallest absolute Gasteiger partial charge is 0.306 e. The largest absolute Gasteiger partial charge is 0.459 e. The van der Waals surface area contributed by atoms with Crippen LogP contribution in [0.3, 0.4) is 0 Å². The average Bonchev–Trinajstić information content (AvgIpc) is 2.91. The van der Waals surface area contributed by atoms with Gasteiger partial charge in [0.15, 0.2) is 0 Å². The second-order valence-electron chi connectivity index (χ2n) is 4.26. The van der Waals surface area contributed by atoms with E-state index in [-0.39, 0.29) is 19.4 Å². The molecule has 0 atom stereocenters. The predicted molar refractivity (Wildman–Crippen MR) is 70.7 cm³/mol. The molecule has 104 valence electrons. The van der Waals surface area contributed by atoms with Gasteiger partial charge in [0.25, 0.3) is 0 Å². The highest BCUT2D eigenvalue weighted by Gasteiger charge is 2.06. The molecule has 0 radical (unpaired) electrons. The molecule has 0 saturated carbocycles. The zero-order valence-electron chi connectivity index (χ0n) is 10.9. The zero-order valence-corrected chi connectivity index (χ0v) is 10.9. The van der Waals surface area contributed by atoms with Crippen molar-refractivity contribution in [2.75, 3.05) is 0 Å². The van der Waals surface area contributed by atoms with Crippen molar-refractivity contribution >= 4 is 12.3 Å². The van der Waals surface area contributed by atoms with Crippen LogP contribution >= 0.6 is 0 Å². The number of hydrogen-bond donors (Lipinski definition) is 0. The maximum absolute atomic E-state index is 11.2. The first-order chi connectivity index (χ1) is 9.78. The molecule has 0 spiro atoms. The summed E-state index contributed by atoms with van der Waals surface area (Å²) in [5.41, 5.74) is 1.70. The lowest BCUT2D eigenvalue weighted by Gasteiger charge is -2.00. The van der Waals surface area contributed by atoms with Crippen LogP contribution in [0, 0.1) is 0 Å². The summed E-state index contributed by atoms with van der Waals surface area (Å²) < 4.78 is 6.66. The van der Waals surface area contributed by atoms with Gasteiger partial charge >= 0.3 is 5.97 Å². The molecule has 2 rings (SSSR count). The van der Waals surface area contributed by atoms with Crippen LogP contribution in [0.2, 0.25) is 0 Å². The Morgan fingerprint density at radius 1 is 1.30 bits per heavy atom. The average molecular weight is 273 g/mol. The molecule has 0 aliphatic heterocycles. The lowest BCUT2D eigenvalue weighted by Crippen LogP contribution is -2.04. The first-order valence-corrected chi connectivity index (χ1v) is 6.30. The zero-order chi connectivity index (χ0) is 14.2. The Morgan fingerprint density at radius 3 is 2.85 bits per heavy atom. The lowest BCUT2D eigenvalue weighted by molar-refractivity contribution is -0.145. The molecule has 0 aliphatic rings. The molecule has 1 aromatic heterocycles. The van der Waals surface area contributed by atoms with Gasteiger partial charge in [0.1, 0.15) is 18.6 Å². The van der Waals surface area contributed by atoms with E-state index in [0.717, 1.165) is 5.56 Å². The molecule has 6 nitrogen and oxygen atoms in total. The highest BCUT2D eigenvalue weighted by molar-refractivity contribution is 5.72. The van der Waals surface area contributed by atoms with E-state index in [4.69, 9.17) is 4.74 Å². The molecule has 0 fully saturated rings. The predicted octanol–water partition coefficient (Wildman–Crippen LogP) is 1.35. The summed E-state index contributed by atoms with van der Waals surface area (Å²) in [5.74, 6) is -0.408. The first-order valence-electron chi connectivity index (χ1n) is 6.30. The fraction of sp³-hybridized carbons (Fsp3) is 0.286. The van der Waals surface area contributed by atoms with Gasteiger partial charge in [0.05, 0.1) is 19.2 Å². The maximum atomic E-state index is 11.2. The molecular formula is C14H15N3O3. The summed E-state index contributed by atoms with van der Waals surface area (Å²) in [6, 6.07) is 9.88. The third-order valence-electron chi connectivity index (χ3n) is 2.62. The summed E-state index contributed by atoms with van der Waals surface area (Å²) in [4.78, 5) is 21.4. The van der Waals surface area contributed by atoms with Crippen molar-refractivity contribution in [3.63, 3.8) is 0 Å². The molecule has 20 heavy (non-hydrogen) atoms. The fourth-order valence-electron chi connectivity index (χ4n) is 1.66. The Balaban J connectivity index is 1.83. The van der Waals surface area contributed by atoms with Crippen LogP contribution < -0.4 is 0 Å². The molecular weight excluding hydrogens is 258 g/mol. The van der Waals surface area contributed by atoms with Gasteiger partial charge < -0.3 is 9.53 Å². The number of nitrogens with zero attached hydrogens (tertiary/aromatic N) is 3. The van der Waals surface area contributed by atoms with E-state index in [1.165, 1.54) is 0 Å². The molecule has 1 aromatic carbocycles. The summed E-state index contributed by atoms with van der Waals surface area (Å²) in [6.45, 7) is 0.694. The molecule has 0 amide bonds. The van der Waals surface area contributed by atoms with E-state index >= 15 is 0 Å². The molecule has 0 unspecified atom stereocenters. The second kappa shape index (κ2) is 7.18. The van der Waals surface area contributed by atoms with Crippen LogP contribution in [-0.2, 0) is 27.5 Å². The van der Waals surface area contributed by atoms with Gasteiger partial charge in [-0.15, -0.1) is 5.10 Å². The van der Waals surface area contributed by atoms with E-state index < -0.39 is 5.97 Å². The molecule has 1 heterocycles. The Kier molecular flexibility index (Phi) is 5.00. The van der Waals surface area contributed by atoms with Gasteiger partial charge in [0.2, 0.25) is 0 Å². The summed E-state index contributed by atoms with van der Waals surface area (Å²) in [6.07, 6.45) is 2.71. The second-order valence-corrected chi connectivity index (χ2v) is 4.26. The number of aldehydes is 1. The SMILES string of the molecule is O=CCCC(=O)OCc1cn(Cc2ccccc2)nn1. The summed E-state index contributed by atoms with van der Waals surface area (Å²) in [5, 5.41) is 7.90. The number of aromatic nitrogens is 3. The molecule has 6 heteroatoms. The molecule has 0 saturated heterocycles. The number of hydrogen-bond acceptors (Lipinski definition) is 5. The topological polar surface area (TPSA) is 74.1 Å². The Bertz CT molecular complexity index is 566. The van der Waals surface area contributed by atoms with Gasteiger partial charge in [-0.3, -0.25) is 4.79 Å². The number of carbonyl (C=O) groups excluding carboxylic acids is 2. The third-order valence-corrected chi connectivity index (χ3v) is 2.62. The van der Waals surface area contributed by atoms with Crippen molar-refractivity contribution in [1.29, 1.82) is 0 Å². The minimum Gasteiger partial charge on any atom is -0.459 e. The van der Waals surface area contributed by atoms with Crippen molar-refractivity contribution in [3.05, 3.63) is 47.8 Å². The maximum Gasteiger partial charge on any atom is 0.306 e. The van der Waals surface area contributed by atoms with E-state index in [1.807, 2.05) is 30.3 Å². The van der Waals surface area contributed by atoms with Crippen LogP contribution in [0.4, 0.5) is 0 Å². The highest BCUT2D eigenvalue weighted by Crippen LogP contribution is 2.03. The number of benzene rings is 1. The standard InChI is InChI=1S/C14H15N3O3/c18-8-4-7-14(19)20-11-13-10-17(16-15-13)9-12-5-2-1-3-6-12/h1-3,5-6,8,10H,4,7,9,11H2. The van der Waals surface area contributed by atoms with Gasteiger partial charge in [-0.25, -0.2) is 4.68 Å². The van der Waals surface area contributed by atoms with Crippen LogP contribution in [0.1, 0.15) is 24.1 Å². The van der Waals surface area contributed by atoms with Crippen molar-refractivity contribution in [2.45, 2.75) is 26.0 Å². The van der Waals surface area contributed by atoms with Gasteiger partial charge in [-0.1, -0.05) is 35.5 Å².